The summed E-state index contributed by atoms with van der Waals surface area (Å²) in [4.78, 5) is 23.5. The average Bonchev–Trinajstić information content (AvgIpc) is 2.74. The molecule has 0 aliphatic heterocycles. The Kier molecular flexibility index (Phi) is 5.31. The predicted molar refractivity (Wildman–Crippen MR) is 113 cm³/mol. The van der Waals surface area contributed by atoms with E-state index in [1.54, 1.807) is 12.1 Å². The number of nitrogens with zero attached hydrogens (tertiary/aromatic N) is 4. The third kappa shape index (κ3) is 4.26. The number of aryl methyl sites for hydroxylation is 1. The summed E-state index contributed by atoms with van der Waals surface area (Å²) in [6.45, 7) is 1.83. The van der Waals surface area contributed by atoms with E-state index in [2.05, 4.69) is 25.6 Å². The number of hydrogen-bond donors (Lipinski definition) is 2. The molecule has 0 saturated heterocycles. The molecule has 0 unspecified atom stereocenters. The van der Waals surface area contributed by atoms with E-state index >= 15 is 0 Å². The van der Waals surface area contributed by atoms with Crippen molar-refractivity contribution in [2.45, 2.75) is 13.1 Å². The molecule has 2 aromatic carbocycles. The Hall–Kier alpha value is -4.28. The molecule has 0 spiro atoms. The molecule has 2 N–H and O–H groups in total. The van der Waals surface area contributed by atoms with Crippen molar-refractivity contribution < 1.29 is 18.1 Å². The van der Waals surface area contributed by atoms with Crippen molar-refractivity contribution in [1.82, 2.24) is 15.0 Å². The van der Waals surface area contributed by atoms with Crippen LogP contribution in [-0.2, 0) is 6.18 Å². The minimum absolute atomic E-state index is 0.0878. The summed E-state index contributed by atoms with van der Waals surface area (Å²) >= 11 is 0. The second-order valence-electron chi connectivity index (χ2n) is 6.83. The number of nitrogens with one attached hydrogen (secondary N) is 2. The number of anilines is 4. The topological polar surface area (TPSA) is 106 Å². The molecule has 8 nitrogen and oxygen atoms in total. The molecule has 0 aliphatic rings. The van der Waals surface area contributed by atoms with Gasteiger partial charge in [-0.2, -0.15) is 13.2 Å². The molecule has 2 aromatic heterocycles. The van der Waals surface area contributed by atoms with Crippen LogP contribution in [0.5, 0.6) is 0 Å². The molecule has 0 fully saturated rings. The quantitative estimate of drug-likeness (QED) is 0.301. The number of rotatable bonds is 5. The zero-order valence-electron chi connectivity index (χ0n) is 16.5. The van der Waals surface area contributed by atoms with Crippen molar-refractivity contribution in [3.63, 3.8) is 0 Å². The Labute approximate surface area is 179 Å². The maximum absolute atomic E-state index is 12.8. The Morgan fingerprint density at radius 2 is 1.62 bits per heavy atom. The van der Waals surface area contributed by atoms with Gasteiger partial charge in [0, 0.05) is 16.8 Å². The third-order valence-corrected chi connectivity index (χ3v) is 4.59. The van der Waals surface area contributed by atoms with E-state index in [4.69, 9.17) is 0 Å². The van der Waals surface area contributed by atoms with Crippen LogP contribution in [0.3, 0.4) is 0 Å². The van der Waals surface area contributed by atoms with Gasteiger partial charge in [-0.25, -0.2) is 9.97 Å². The van der Waals surface area contributed by atoms with Crippen LogP contribution in [0.2, 0.25) is 0 Å². The van der Waals surface area contributed by atoms with Crippen LogP contribution in [0.25, 0.3) is 10.9 Å². The largest absolute Gasteiger partial charge is 0.416 e. The van der Waals surface area contributed by atoms with Gasteiger partial charge in [0.1, 0.15) is 6.33 Å². The lowest BCUT2D eigenvalue weighted by Crippen LogP contribution is -2.07. The van der Waals surface area contributed by atoms with Gasteiger partial charge in [0.05, 0.1) is 21.7 Å². The highest BCUT2D eigenvalue weighted by molar-refractivity contribution is 5.93. The average molecular weight is 440 g/mol. The molecular weight excluding hydrogens is 425 g/mol. The summed E-state index contributed by atoms with van der Waals surface area (Å²) in [6, 6.07) is 13.2. The molecule has 0 saturated carbocycles. The normalized spacial score (nSPS) is 11.4. The fourth-order valence-electron chi connectivity index (χ4n) is 3.09. The SMILES string of the molecule is Cc1ccc2cccc(Nc3ncnc(Nc4ccc(C(F)(F)F)cc4)c3[N+](=O)[O-])c2n1. The lowest BCUT2D eigenvalue weighted by atomic mass is 10.1. The molecule has 0 bridgehead atoms. The van der Waals surface area contributed by atoms with Crippen LogP contribution in [0, 0.1) is 17.0 Å². The second kappa shape index (κ2) is 8.10. The molecule has 4 rings (SSSR count). The van der Waals surface area contributed by atoms with Crippen LogP contribution in [-0.4, -0.2) is 19.9 Å². The van der Waals surface area contributed by atoms with Crippen LogP contribution >= 0.6 is 0 Å². The van der Waals surface area contributed by atoms with Gasteiger partial charge in [-0.05, 0) is 43.3 Å². The fraction of sp³-hybridized carbons (Fsp3) is 0.0952. The van der Waals surface area contributed by atoms with Gasteiger partial charge in [0.15, 0.2) is 0 Å². The fourth-order valence-corrected chi connectivity index (χ4v) is 3.09. The number of hydrogen-bond acceptors (Lipinski definition) is 7. The predicted octanol–water partition coefficient (Wildman–Crippen LogP) is 5.75. The highest BCUT2D eigenvalue weighted by Crippen LogP contribution is 2.35. The number of alkyl halides is 3. The van der Waals surface area contributed by atoms with Crippen molar-refractivity contribution >= 4 is 39.6 Å². The van der Waals surface area contributed by atoms with Gasteiger partial charge in [-0.3, -0.25) is 15.1 Å². The number of fused-ring (bicyclic) bond motifs is 1. The first-order valence-corrected chi connectivity index (χ1v) is 9.29. The summed E-state index contributed by atoms with van der Waals surface area (Å²) in [7, 11) is 0. The monoisotopic (exact) mass is 440 g/mol. The number of para-hydroxylation sites is 1. The summed E-state index contributed by atoms with van der Waals surface area (Å²) < 4.78 is 38.3. The van der Waals surface area contributed by atoms with Gasteiger partial charge < -0.3 is 10.6 Å². The molecule has 0 amide bonds. The molecule has 32 heavy (non-hydrogen) atoms. The van der Waals surface area contributed by atoms with Gasteiger partial charge in [-0.15, -0.1) is 0 Å². The number of halogens is 3. The molecule has 162 valence electrons. The second-order valence-corrected chi connectivity index (χ2v) is 6.83. The van der Waals surface area contributed by atoms with Crippen LogP contribution in [0.4, 0.5) is 41.9 Å². The van der Waals surface area contributed by atoms with Crippen molar-refractivity contribution in [1.29, 1.82) is 0 Å². The Bertz CT molecular complexity index is 1310. The van der Waals surface area contributed by atoms with Crippen molar-refractivity contribution in [3.05, 3.63) is 82.3 Å². The lowest BCUT2D eigenvalue weighted by Gasteiger charge is -2.12. The molecular formula is C21H15F3N6O2. The standard InChI is InChI=1S/C21H15F3N6O2/c1-12-5-6-13-3-2-4-16(17(13)27-12)29-20-18(30(31)32)19(25-11-26-20)28-15-9-7-14(8-10-15)21(22,23)24/h2-11H,1H3,(H2,25,26,28,29). The van der Waals surface area contributed by atoms with E-state index in [0.29, 0.717) is 11.2 Å². The third-order valence-electron chi connectivity index (χ3n) is 4.59. The van der Waals surface area contributed by atoms with E-state index < -0.39 is 22.4 Å². The van der Waals surface area contributed by atoms with Crippen molar-refractivity contribution in [2.75, 3.05) is 10.6 Å². The molecule has 0 aliphatic carbocycles. The van der Waals surface area contributed by atoms with Gasteiger partial charge in [-0.1, -0.05) is 18.2 Å². The summed E-state index contributed by atoms with van der Waals surface area (Å²) in [5.41, 5.74) is 0.798. The first kappa shape index (κ1) is 21.0. The summed E-state index contributed by atoms with van der Waals surface area (Å²) in [5.74, 6) is -0.258. The smallest absolute Gasteiger partial charge is 0.334 e. The maximum Gasteiger partial charge on any atom is 0.416 e. The summed E-state index contributed by atoms with van der Waals surface area (Å²) in [5, 5.41) is 18.3. The molecule has 0 atom stereocenters. The minimum atomic E-state index is -4.48. The van der Waals surface area contributed by atoms with E-state index in [-0.39, 0.29) is 17.3 Å². The lowest BCUT2D eigenvalue weighted by molar-refractivity contribution is -0.383. The van der Waals surface area contributed by atoms with E-state index in [1.165, 1.54) is 12.1 Å². The van der Waals surface area contributed by atoms with Crippen molar-refractivity contribution in [3.8, 4) is 0 Å². The minimum Gasteiger partial charge on any atom is -0.334 e. The number of pyridine rings is 1. The number of aromatic nitrogens is 3. The Morgan fingerprint density at radius 1 is 0.938 bits per heavy atom. The Morgan fingerprint density at radius 3 is 2.28 bits per heavy atom. The van der Waals surface area contributed by atoms with Crippen LogP contribution in [0.1, 0.15) is 11.3 Å². The maximum atomic E-state index is 12.8. The number of benzene rings is 2. The van der Waals surface area contributed by atoms with E-state index in [9.17, 15) is 23.3 Å². The number of nitro groups is 1. The van der Waals surface area contributed by atoms with Crippen molar-refractivity contribution in [2.24, 2.45) is 0 Å². The van der Waals surface area contributed by atoms with Crippen LogP contribution in [0.15, 0.2) is 60.9 Å². The van der Waals surface area contributed by atoms with Gasteiger partial charge in [0.2, 0.25) is 11.6 Å². The molecule has 4 aromatic rings. The Balaban J connectivity index is 1.70. The highest BCUT2D eigenvalue weighted by Gasteiger charge is 2.30. The zero-order valence-corrected chi connectivity index (χ0v) is 16.5. The molecule has 11 heteroatoms. The first-order chi connectivity index (χ1) is 15.2. The van der Waals surface area contributed by atoms with E-state index in [0.717, 1.165) is 29.5 Å². The summed E-state index contributed by atoms with van der Waals surface area (Å²) in [6.07, 6.45) is -3.37. The highest BCUT2D eigenvalue weighted by atomic mass is 19.4. The first-order valence-electron chi connectivity index (χ1n) is 9.29. The van der Waals surface area contributed by atoms with E-state index in [1.807, 2.05) is 25.1 Å². The van der Waals surface area contributed by atoms with Crippen LogP contribution < -0.4 is 10.6 Å². The zero-order chi connectivity index (χ0) is 22.9. The molecule has 2 heterocycles. The van der Waals surface area contributed by atoms with Gasteiger partial charge in [0.25, 0.3) is 0 Å². The van der Waals surface area contributed by atoms with Gasteiger partial charge >= 0.3 is 11.9 Å². The molecule has 0 radical (unpaired) electrons.